The second-order valence-corrected chi connectivity index (χ2v) is 21.1. The van der Waals surface area contributed by atoms with E-state index in [1.165, 1.54) is 10.4 Å². The van der Waals surface area contributed by atoms with Crippen LogP contribution in [0.2, 0.25) is 5.04 Å². The lowest BCUT2D eigenvalue weighted by Crippen LogP contribution is -2.67. The fourth-order valence-electron chi connectivity index (χ4n) is 10.0. The molecule has 4 atom stereocenters. The molecule has 3 heterocycles. The number of hydrogen-bond acceptors (Lipinski definition) is 4. The van der Waals surface area contributed by atoms with E-state index in [4.69, 9.17) is 9.16 Å². The minimum absolute atomic E-state index is 0.0929. The molecule has 0 N–H and O–H groups in total. The number of rotatable bonds is 12. The molecule has 0 radical (unpaired) electrons. The van der Waals surface area contributed by atoms with E-state index in [0.717, 1.165) is 60.5 Å². The Hall–Kier alpha value is -4.75. The third kappa shape index (κ3) is 6.79. The van der Waals surface area contributed by atoms with Crippen molar-refractivity contribution in [3.05, 3.63) is 169 Å². The fraction of sp³-hybridized carbons (Fsp3) is 0.327. The number of carbonyl (C=O) groups is 1. The van der Waals surface area contributed by atoms with Crippen molar-refractivity contribution in [3.63, 3.8) is 0 Å². The van der Waals surface area contributed by atoms with E-state index in [1.54, 1.807) is 0 Å². The van der Waals surface area contributed by atoms with Gasteiger partial charge in [-0.1, -0.05) is 154 Å². The molecule has 0 saturated carbocycles. The molecule has 0 aromatic heterocycles. The molecule has 5 nitrogen and oxygen atoms in total. The highest BCUT2D eigenvalue weighted by Crippen LogP contribution is 2.55. The number of anilines is 1. The van der Waals surface area contributed by atoms with Crippen LogP contribution in [0.3, 0.4) is 0 Å². The highest BCUT2D eigenvalue weighted by Gasteiger charge is 2.62. The van der Waals surface area contributed by atoms with Crippen molar-refractivity contribution in [2.45, 2.75) is 69.7 Å². The number of piperidine rings is 1. The van der Waals surface area contributed by atoms with Crippen LogP contribution in [0.15, 0.2) is 152 Å². The molecule has 0 unspecified atom stereocenters. The van der Waals surface area contributed by atoms with Crippen LogP contribution in [0.25, 0.3) is 0 Å². The zero-order valence-corrected chi connectivity index (χ0v) is 33.6. The molecule has 2 fully saturated rings. The van der Waals surface area contributed by atoms with Crippen LogP contribution >= 0.6 is 0 Å². The third-order valence-electron chi connectivity index (χ3n) is 12.7. The van der Waals surface area contributed by atoms with Crippen LogP contribution in [-0.4, -0.2) is 44.9 Å². The van der Waals surface area contributed by atoms with Gasteiger partial charge in [-0.05, 0) is 75.8 Å². The number of amides is 1. The van der Waals surface area contributed by atoms with Crippen molar-refractivity contribution in [3.8, 4) is 5.75 Å². The Morgan fingerprint density at radius 3 is 2.00 bits per heavy atom. The fourth-order valence-corrected chi connectivity index (χ4v) is 14.7. The molecule has 3 aliphatic rings. The highest BCUT2D eigenvalue weighted by molar-refractivity contribution is 6.99. The molecule has 6 heteroatoms. The summed E-state index contributed by atoms with van der Waals surface area (Å²) in [6.45, 7) is 14.8. The molecule has 5 aromatic rings. The number of nitrogens with zero attached hydrogens (tertiary/aromatic N) is 2. The van der Waals surface area contributed by atoms with E-state index in [0.29, 0.717) is 31.6 Å². The maximum Gasteiger partial charge on any atom is 0.261 e. The molecule has 1 amide bonds. The SMILES string of the molecule is C=CC[C@H]1C[C@@H]2N(CC[C@@]23C(=O)N(Cc2ccccc2)c2cc(OCc4ccccc4)ccc23)C[C@@H]1CO[Si](c1ccccc1)(c1ccccc1)C(C)(C)C. The summed E-state index contributed by atoms with van der Waals surface area (Å²) < 4.78 is 13.9. The van der Waals surface area contributed by atoms with Gasteiger partial charge in [-0.3, -0.25) is 9.69 Å². The first-order valence-corrected chi connectivity index (χ1v) is 21.9. The Morgan fingerprint density at radius 1 is 0.800 bits per heavy atom. The summed E-state index contributed by atoms with van der Waals surface area (Å²) in [6.07, 6.45) is 4.72. The van der Waals surface area contributed by atoms with Crippen molar-refractivity contribution < 1.29 is 14.0 Å². The largest absolute Gasteiger partial charge is 0.489 e. The highest BCUT2D eigenvalue weighted by atomic mass is 28.4. The number of carbonyl (C=O) groups excluding carboxylic acids is 1. The topological polar surface area (TPSA) is 42.0 Å². The summed E-state index contributed by atoms with van der Waals surface area (Å²) in [6, 6.07) is 49.0. The van der Waals surface area contributed by atoms with Crippen molar-refractivity contribution in [1.82, 2.24) is 4.90 Å². The first-order valence-electron chi connectivity index (χ1n) is 20.0. The van der Waals surface area contributed by atoms with E-state index >= 15 is 4.79 Å². The Kier molecular flexibility index (Phi) is 10.4. The lowest BCUT2D eigenvalue weighted by Gasteiger charge is -2.47. The predicted molar refractivity (Wildman–Crippen MR) is 226 cm³/mol. The van der Waals surface area contributed by atoms with Crippen molar-refractivity contribution >= 4 is 30.3 Å². The average Bonchev–Trinajstić information content (AvgIpc) is 3.69. The van der Waals surface area contributed by atoms with Gasteiger partial charge in [0.25, 0.3) is 8.32 Å². The molecule has 3 aliphatic heterocycles. The summed E-state index contributed by atoms with van der Waals surface area (Å²) in [5.41, 5.74) is 3.77. The van der Waals surface area contributed by atoms with Gasteiger partial charge < -0.3 is 14.1 Å². The molecule has 8 rings (SSSR count). The van der Waals surface area contributed by atoms with E-state index in [9.17, 15) is 0 Å². The zero-order valence-electron chi connectivity index (χ0n) is 32.6. The van der Waals surface area contributed by atoms with E-state index in [2.05, 4.69) is 154 Å². The normalized spacial score (nSPS) is 22.4. The smallest absolute Gasteiger partial charge is 0.261 e. The van der Waals surface area contributed by atoms with Crippen LogP contribution in [0.4, 0.5) is 5.69 Å². The average molecular weight is 747 g/mol. The van der Waals surface area contributed by atoms with Gasteiger partial charge in [-0.15, -0.1) is 6.58 Å². The van der Waals surface area contributed by atoms with Crippen LogP contribution in [0.1, 0.15) is 56.7 Å². The molecule has 282 valence electrons. The zero-order chi connectivity index (χ0) is 38.0. The quantitative estimate of drug-likeness (QED) is 0.0946. The molecule has 5 aromatic carbocycles. The molecule has 0 bridgehead atoms. The number of ether oxygens (including phenoxy) is 1. The first kappa shape index (κ1) is 37.2. The van der Waals surface area contributed by atoms with Gasteiger partial charge >= 0.3 is 0 Å². The van der Waals surface area contributed by atoms with E-state index in [1.807, 2.05) is 29.2 Å². The summed E-state index contributed by atoms with van der Waals surface area (Å²) >= 11 is 0. The number of hydrogen-bond donors (Lipinski definition) is 0. The molecule has 2 saturated heterocycles. The second kappa shape index (κ2) is 15.4. The predicted octanol–water partition coefficient (Wildman–Crippen LogP) is 8.91. The summed E-state index contributed by atoms with van der Waals surface area (Å²) in [7, 11) is -2.71. The molecule has 0 aliphatic carbocycles. The van der Waals surface area contributed by atoms with Gasteiger partial charge in [-0.25, -0.2) is 0 Å². The van der Waals surface area contributed by atoms with Gasteiger partial charge in [0.05, 0.1) is 17.6 Å². The summed E-state index contributed by atoms with van der Waals surface area (Å²) in [5, 5.41) is 2.52. The van der Waals surface area contributed by atoms with Crippen LogP contribution in [-0.2, 0) is 27.8 Å². The molecule has 1 spiro atoms. The van der Waals surface area contributed by atoms with Crippen molar-refractivity contribution in [2.75, 3.05) is 24.6 Å². The van der Waals surface area contributed by atoms with Gasteiger partial charge in [0.2, 0.25) is 5.91 Å². The Balaban J connectivity index is 1.11. The Bertz CT molecular complexity index is 2050. The number of fused-ring (bicyclic) bond motifs is 4. The van der Waals surface area contributed by atoms with E-state index < -0.39 is 13.7 Å². The summed E-state index contributed by atoms with van der Waals surface area (Å²) in [5.74, 6) is 1.67. The maximum atomic E-state index is 15.2. The minimum atomic E-state index is -2.71. The Morgan fingerprint density at radius 2 is 1.40 bits per heavy atom. The molecule has 55 heavy (non-hydrogen) atoms. The monoisotopic (exact) mass is 746 g/mol. The minimum Gasteiger partial charge on any atom is -0.489 e. The van der Waals surface area contributed by atoms with Gasteiger partial charge in [0, 0.05) is 25.3 Å². The molecular formula is C49H54N2O3Si. The van der Waals surface area contributed by atoms with Gasteiger partial charge in [0.15, 0.2) is 0 Å². The van der Waals surface area contributed by atoms with Gasteiger partial charge in [0.1, 0.15) is 12.4 Å². The van der Waals surface area contributed by atoms with Gasteiger partial charge in [-0.2, -0.15) is 0 Å². The van der Waals surface area contributed by atoms with Crippen LogP contribution < -0.4 is 20.0 Å². The van der Waals surface area contributed by atoms with Crippen molar-refractivity contribution in [1.29, 1.82) is 0 Å². The molecular weight excluding hydrogens is 693 g/mol. The van der Waals surface area contributed by atoms with E-state index in [-0.39, 0.29) is 17.0 Å². The van der Waals surface area contributed by atoms with Crippen LogP contribution in [0.5, 0.6) is 5.75 Å². The third-order valence-corrected chi connectivity index (χ3v) is 17.7. The summed E-state index contributed by atoms with van der Waals surface area (Å²) in [4.78, 5) is 19.9. The Labute approximate surface area is 328 Å². The number of allylic oxidation sites excluding steroid dienone is 1. The standard InChI is InChI=1S/C49H54N2O3Si/c1-5-18-39-31-46-49(29-30-50(46)34-40(39)36-54-55(48(2,3)4,42-23-14-8-15-24-42)43-25-16-9-17-26-43)44-28-27-41(53-35-38-21-12-7-13-22-38)32-45(44)51(47(49)52)33-37-19-10-6-11-20-37/h5-17,19-28,32,39-40,46H,1,18,29-31,33-36H2,2-4H3/t39-,40+,46-,49-/m0/s1. The lowest BCUT2D eigenvalue weighted by molar-refractivity contribution is -0.125. The number of benzene rings is 5. The van der Waals surface area contributed by atoms with Crippen molar-refractivity contribution in [2.24, 2.45) is 11.8 Å². The maximum absolute atomic E-state index is 15.2. The second-order valence-electron chi connectivity index (χ2n) is 16.8. The lowest BCUT2D eigenvalue weighted by atomic mass is 9.68. The first-order chi connectivity index (χ1) is 26.7. The van der Waals surface area contributed by atoms with Crippen LogP contribution in [0, 0.1) is 11.8 Å².